The Morgan fingerprint density at radius 1 is 1.90 bits per heavy atom. The van der Waals surface area contributed by atoms with Crippen molar-refractivity contribution in [2.75, 3.05) is 6.61 Å². The third kappa shape index (κ3) is 3.10. The lowest BCUT2D eigenvalue weighted by Gasteiger charge is -2.02. The lowest BCUT2D eigenvalue weighted by atomic mass is 10.2. The van der Waals surface area contributed by atoms with Gasteiger partial charge in [0.2, 0.25) is 0 Å². The third-order valence-electron chi connectivity index (χ3n) is 0.984. The average Bonchev–Trinajstić information content (AvgIpc) is 1.89. The van der Waals surface area contributed by atoms with Crippen molar-refractivity contribution < 1.29 is 15.3 Å². The van der Waals surface area contributed by atoms with Crippen molar-refractivity contribution >= 4 is 5.97 Å². The molecule has 10 heavy (non-hydrogen) atoms. The fourth-order valence-corrected chi connectivity index (χ4v) is 0.486. The molecule has 0 rings (SSSR count). The van der Waals surface area contributed by atoms with Gasteiger partial charge in [0.05, 0.1) is 13.0 Å². The second kappa shape index (κ2) is 4.83. The molecule has 0 radical (unpaired) electrons. The van der Waals surface area contributed by atoms with E-state index in [1.54, 1.807) is 6.92 Å². The van der Waals surface area contributed by atoms with Crippen molar-refractivity contribution in [3.05, 3.63) is 0 Å². The van der Waals surface area contributed by atoms with Crippen molar-refractivity contribution in [1.82, 2.24) is 0 Å². The van der Waals surface area contributed by atoms with Gasteiger partial charge in [-0.1, -0.05) is 5.92 Å². The van der Waals surface area contributed by atoms with Gasteiger partial charge in [-0.3, -0.25) is 0 Å². The first kappa shape index (κ1) is 8.99. The number of hydrogen-bond donors (Lipinski definition) is 1. The molecular formula is C7H12NO2+. The van der Waals surface area contributed by atoms with E-state index in [0.29, 0.717) is 13.0 Å². The van der Waals surface area contributed by atoms with Crippen LogP contribution in [0.25, 0.3) is 0 Å². The van der Waals surface area contributed by atoms with Crippen LogP contribution in [0.4, 0.5) is 0 Å². The summed E-state index contributed by atoms with van der Waals surface area (Å²) in [4.78, 5) is 10.8. The van der Waals surface area contributed by atoms with Gasteiger partial charge in [-0.2, -0.15) is 0 Å². The van der Waals surface area contributed by atoms with Crippen LogP contribution in [0.2, 0.25) is 0 Å². The SMILES string of the molecule is C#CCC([NH3+])C(=O)OCC. The Hall–Kier alpha value is -1.01. The summed E-state index contributed by atoms with van der Waals surface area (Å²) in [5, 5.41) is 0. The number of ether oxygens (including phenoxy) is 1. The Morgan fingerprint density at radius 2 is 2.50 bits per heavy atom. The number of hydrogen-bond acceptors (Lipinski definition) is 2. The van der Waals surface area contributed by atoms with Gasteiger partial charge in [-0.15, -0.1) is 6.42 Å². The lowest BCUT2D eigenvalue weighted by Crippen LogP contribution is -2.65. The maximum Gasteiger partial charge on any atom is 0.365 e. The molecule has 0 spiro atoms. The molecule has 1 atom stereocenters. The molecule has 3 nitrogen and oxygen atoms in total. The molecule has 0 aliphatic carbocycles. The summed E-state index contributed by atoms with van der Waals surface area (Å²) in [6.07, 6.45) is 5.31. The number of terminal acetylenes is 1. The molecule has 56 valence electrons. The molecule has 0 aromatic rings. The van der Waals surface area contributed by atoms with Crippen molar-refractivity contribution in [1.29, 1.82) is 0 Å². The van der Waals surface area contributed by atoms with Gasteiger partial charge in [-0.25, -0.2) is 4.79 Å². The van der Waals surface area contributed by atoms with E-state index < -0.39 is 6.04 Å². The molecule has 3 heteroatoms. The van der Waals surface area contributed by atoms with E-state index in [0.717, 1.165) is 0 Å². The van der Waals surface area contributed by atoms with E-state index >= 15 is 0 Å². The van der Waals surface area contributed by atoms with Crippen LogP contribution >= 0.6 is 0 Å². The minimum Gasteiger partial charge on any atom is -0.462 e. The monoisotopic (exact) mass is 142 g/mol. The number of carbonyl (C=O) groups excluding carboxylic acids is 1. The summed E-state index contributed by atoms with van der Waals surface area (Å²) in [6.45, 7) is 2.13. The highest BCUT2D eigenvalue weighted by molar-refractivity contribution is 5.74. The predicted octanol–water partition coefficient (Wildman–Crippen LogP) is -0.817. The zero-order valence-electron chi connectivity index (χ0n) is 6.09. The van der Waals surface area contributed by atoms with Gasteiger partial charge in [0.15, 0.2) is 6.04 Å². The summed E-state index contributed by atoms with van der Waals surface area (Å²) in [7, 11) is 0. The Morgan fingerprint density at radius 3 is 2.90 bits per heavy atom. The van der Waals surface area contributed by atoms with Crippen LogP contribution in [0.1, 0.15) is 13.3 Å². The van der Waals surface area contributed by atoms with Gasteiger partial charge in [0, 0.05) is 0 Å². The molecular weight excluding hydrogens is 130 g/mol. The smallest absolute Gasteiger partial charge is 0.365 e. The topological polar surface area (TPSA) is 53.9 Å². The van der Waals surface area contributed by atoms with Crippen molar-refractivity contribution in [2.24, 2.45) is 0 Å². The number of carbonyl (C=O) groups is 1. The summed E-state index contributed by atoms with van der Waals surface area (Å²) in [5.41, 5.74) is 3.53. The molecule has 0 aliphatic heterocycles. The third-order valence-corrected chi connectivity index (χ3v) is 0.984. The van der Waals surface area contributed by atoms with E-state index in [4.69, 9.17) is 6.42 Å². The first-order chi connectivity index (χ1) is 4.72. The molecule has 0 saturated carbocycles. The minimum atomic E-state index is -0.412. The van der Waals surface area contributed by atoms with Gasteiger partial charge in [0.25, 0.3) is 0 Å². The molecule has 3 N–H and O–H groups in total. The molecule has 0 fully saturated rings. The first-order valence-corrected chi connectivity index (χ1v) is 3.15. The van der Waals surface area contributed by atoms with Gasteiger partial charge in [0.1, 0.15) is 0 Å². The summed E-state index contributed by atoms with van der Waals surface area (Å²) in [5.74, 6) is 2.02. The largest absolute Gasteiger partial charge is 0.462 e. The van der Waals surface area contributed by atoms with Crippen LogP contribution in [0, 0.1) is 12.3 Å². The fraction of sp³-hybridized carbons (Fsp3) is 0.571. The van der Waals surface area contributed by atoms with Crippen LogP contribution in [0.15, 0.2) is 0 Å². The van der Waals surface area contributed by atoms with Gasteiger partial charge in [-0.05, 0) is 6.92 Å². The van der Waals surface area contributed by atoms with Gasteiger partial charge < -0.3 is 10.5 Å². The Kier molecular flexibility index (Phi) is 4.34. The van der Waals surface area contributed by atoms with Crippen molar-refractivity contribution in [3.63, 3.8) is 0 Å². The zero-order valence-corrected chi connectivity index (χ0v) is 6.09. The number of esters is 1. The second-order valence-electron chi connectivity index (χ2n) is 1.86. The molecule has 0 aliphatic rings. The van der Waals surface area contributed by atoms with E-state index in [-0.39, 0.29) is 5.97 Å². The Balaban J connectivity index is 3.62. The maximum absolute atomic E-state index is 10.8. The Bertz CT molecular complexity index is 148. The molecule has 0 bridgehead atoms. The van der Waals surface area contributed by atoms with E-state index in [1.807, 2.05) is 0 Å². The summed E-state index contributed by atoms with van der Waals surface area (Å²) in [6, 6.07) is -0.412. The fourth-order valence-electron chi connectivity index (χ4n) is 0.486. The summed E-state index contributed by atoms with van der Waals surface area (Å²) < 4.78 is 4.66. The highest BCUT2D eigenvalue weighted by Gasteiger charge is 2.15. The molecule has 0 saturated heterocycles. The predicted molar refractivity (Wildman–Crippen MR) is 36.8 cm³/mol. The molecule has 1 unspecified atom stereocenters. The van der Waals surface area contributed by atoms with Crippen molar-refractivity contribution in [3.8, 4) is 12.3 Å². The van der Waals surface area contributed by atoms with Crippen LogP contribution in [-0.2, 0) is 9.53 Å². The van der Waals surface area contributed by atoms with E-state index in [1.165, 1.54) is 0 Å². The second-order valence-corrected chi connectivity index (χ2v) is 1.86. The van der Waals surface area contributed by atoms with Gasteiger partial charge >= 0.3 is 5.97 Å². The molecule has 0 heterocycles. The average molecular weight is 142 g/mol. The molecule has 0 amide bonds. The first-order valence-electron chi connectivity index (χ1n) is 3.15. The van der Waals surface area contributed by atoms with E-state index in [2.05, 4.69) is 16.4 Å². The van der Waals surface area contributed by atoms with Crippen LogP contribution in [0.5, 0.6) is 0 Å². The van der Waals surface area contributed by atoms with Crippen LogP contribution < -0.4 is 5.73 Å². The summed E-state index contributed by atoms with van der Waals surface area (Å²) >= 11 is 0. The highest BCUT2D eigenvalue weighted by atomic mass is 16.5. The molecule has 0 aromatic heterocycles. The van der Waals surface area contributed by atoms with E-state index in [9.17, 15) is 4.79 Å². The Labute approximate surface area is 60.5 Å². The normalized spacial score (nSPS) is 11.7. The van der Waals surface area contributed by atoms with Crippen LogP contribution in [0.3, 0.4) is 0 Å². The molecule has 0 aromatic carbocycles. The lowest BCUT2D eigenvalue weighted by molar-refractivity contribution is -0.406. The van der Waals surface area contributed by atoms with Crippen LogP contribution in [-0.4, -0.2) is 18.6 Å². The standard InChI is InChI=1S/C7H11NO2/c1-3-5-6(8)7(9)10-4-2/h1,6H,4-5,8H2,2H3/p+1. The highest BCUT2D eigenvalue weighted by Crippen LogP contribution is 1.87. The maximum atomic E-state index is 10.8. The zero-order chi connectivity index (χ0) is 7.98. The van der Waals surface area contributed by atoms with Crippen molar-refractivity contribution in [2.45, 2.75) is 19.4 Å². The number of rotatable bonds is 3. The minimum absolute atomic E-state index is 0.319. The quantitative estimate of drug-likeness (QED) is 0.413. The number of quaternary nitrogens is 1.